The van der Waals surface area contributed by atoms with Gasteiger partial charge in [-0.3, -0.25) is 4.79 Å². The number of para-hydroxylation sites is 1. The van der Waals surface area contributed by atoms with Crippen LogP contribution in [0.1, 0.15) is 38.0 Å². The lowest BCUT2D eigenvalue weighted by molar-refractivity contribution is -0.113. The Bertz CT molecular complexity index is 951. The molecule has 0 aliphatic carbocycles. The summed E-state index contributed by atoms with van der Waals surface area (Å²) in [7, 11) is 0. The number of thiophene rings is 1. The van der Waals surface area contributed by atoms with E-state index >= 15 is 0 Å². The van der Waals surface area contributed by atoms with Crippen molar-refractivity contribution < 1.29 is 9.18 Å². The second-order valence-corrected chi connectivity index (χ2v) is 8.55. The molecule has 0 atom stereocenters. The molecule has 0 saturated heterocycles. The van der Waals surface area contributed by atoms with E-state index in [0.717, 1.165) is 24.4 Å². The molecule has 0 fully saturated rings. The van der Waals surface area contributed by atoms with Gasteiger partial charge in [0.05, 0.1) is 11.4 Å². The number of anilines is 1. The second kappa shape index (κ2) is 9.34. The van der Waals surface area contributed by atoms with Gasteiger partial charge in [-0.05, 0) is 30.5 Å². The molecular weight excluding hydrogens is 395 g/mol. The Morgan fingerprint density at radius 1 is 1.32 bits per heavy atom. The smallest absolute Gasteiger partial charge is 0.234 e. The third kappa shape index (κ3) is 4.80. The first kappa shape index (κ1) is 20.5. The first-order valence-corrected chi connectivity index (χ1v) is 11.0. The van der Waals surface area contributed by atoms with E-state index in [2.05, 4.69) is 47.7 Å². The molecule has 0 saturated carbocycles. The highest BCUT2D eigenvalue weighted by molar-refractivity contribution is 7.99. The van der Waals surface area contributed by atoms with E-state index in [1.54, 1.807) is 29.5 Å². The van der Waals surface area contributed by atoms with E-state index in [0.29, 0.717) is 11.1 Å². The second-order valence-electron chi connectivity index (χ2n) is 6.67. The zero-order chi connectivity index (χ0) is 20.1. The van der Waals surface area contributed by atoms with Gasteiger partial charge in [0.2, 0.25) is 5.91 Å². The van der Waals surface area contributed by atoms with Gasteiger partial charge in [-0.2, -0.15) is 0 Å². The van der Waals surface area contributed by atoms with Crippen LogP contribution in [0.25, 0.3) is 11.4 Å². The van der Waals surface area contributed by atoms with Crippen molar-refractivity contribution in [3.8, 4) is 11.4 Å². The van der Waals surface area contributed by atoms with Crippen LogP contribution in [-0.4, -0.2) is 26.4 Å². The standard InChI is InChI=1S/C20H23FN4OS2/c1-4-9-25-19(14-10-17(13(2)3)27-11-14)23-24-20(25)28-12-18(26)22-16-8-6-5-7-15(16)21/h5-8,10-11,13H,4,9,12H2,1-3H3,(H,22,26). The Balaban J connectivity index is 1.72. The maximum Gasteiger partial charge on any atom is 0.234 e. The number of thioether (sulfide) groups is 1. The molecule has 2 heterocycles. The summed E-state index contributed by atoms with van der Waals surface area (Å²) in [6.45, 7) is 7.20. The van der Waals surface area contributed by atoms with Crippen molar-refractivity contribution in [3.05, 3.63) is 46.4 Å². The molecule has 0 radical (unpaired) electrons. The summed E-state index contributed by atoms with van der Waals surface area (Å²) < 4.78 is 15.7. The molecule has 28 heavy (non-hydrogen) atoms. The maximum absolute atomic E-state index is 13.7. The van der Waals surface area contributed by atoms with Gasteiger partial charge < -0.3 is 9.88 Å². The normalized spacial score (nSPS) is 11.2. The van der Waals surface area contributed by atoms with Gasteiger partial charge in [0.25, 0.3) is 0 Å². The number of carbonyl (C=O) groups is 1. The molecule has 8 heteroatoms. The van der Waals surface area contributed by atoms with Crippen molar-refractivity contribution in [2.75, 3.05) is 11.1 Å². The Morgan fingerprint density at radius 3 is 2.79 bits per heavy atom. The molecule has 0 unspecified atom stereocenters. The number of rotatable bonds is 8. The van der Waals surface area contributed by atoms with Crippen LogP contribution in [0.2, 0.25) is 0 Å². The number of carbonyl (C=O) groups excluding carboxylic acids is 1. The van der Waals surface area contributed by atoms with Crippen LogP contribution < -0.4 is 5.32 Å². The van der Waals surface area contributed by atoms with E-state index in [9.17, 15) is 9.18 Å². The minimum absolute atomic E-state index is 0.136. The van der Waals surface area contributed by atoms with Crippen LogP contribution in [0, 0.1) is 5.82 Å². The fraction of sp³-hybridized carbons (Fsp3) is 0.350. The Labute approximate surface area is 172 Å². The summed E-state index contributed by atoms with van der Waals surface area (Å²) in [6, 6.07) is 8.29. The molecule has 0 spiro atoms. The Kier molecular flexibility index (Phi) is 6.85. The van der Waals surface area contributed by atoms with Gasteiger partial charge in [-0.15, -0.1) is 21.5 Å². The van der Waals surface area contributed by atoms with Crippen molar-refractivity contribution in [2.45, 2.75) is 44.8 Å². The first-order chi connectivity index (χ1) is 13.5. The minimum Gasteiger partial charge on any atom is -0.323 e. The predicted molar refractivity (Wildman–Crippen MR) is 113 cm³/mol. The summed E-state index contributed by atoms with van der Waals surface area (Å²) in [5.74, 6) is 0.701. The molecule has 5 nitrogen and oxygen atoms in total. The lowest BCUT2D eigenvalue weighted by atomic mass is 10.1. The van der Waals surface area contributed by atoms with Gasteiger partial charge in [0, 0.05) is 22.4 Å². The molecule has 0 aliphatic rings. The Morgan fingerprint density at radius 2 is 2.11 bits per heavy atom. The van der Waals surface area contributed by atoms with Crippen molar-refractivity contribution in [1.82, 2.24) is 14.8 Å². The summed E-state index contributed by atoms with van der Waals surface area (Å²) in [5, 5.41) is 14.0. The highest BCUT2D eigenvalue weighted by Gasteiger charge is 2.17. The number of benzene rings is 1. The molecular formula is C20H23FN4OS2. The van der Waals surface area contributed by atoms with Gasteiger partial charge in [0.15, 0.2) is 11.0 Å². The number of aromatic nitrogens is 3. The third-order valence-corrected chi connectivity index (χ3v) is 6.29. The number of hydrogen-bond acceptors (Lipinski definition) is 5. The number of nitrogens with one attached hydrogen (secondary N) is 1. The van der Waals surface area contributed by atoms with Crippen molar-refractivity contribution in [3.63, 3.8) is 0 Å². The zero-order valence-electron chi connectivity index (χ0n) is 16.1. The summed E-state index contributed by atoms with van der Waals surface area (Å²) >= 11 is 3.03. The van der Waals surface area contributed by atoms with E-state index < -0.39 is 5.82 Å². The van der Waals surface area contributed by atoms with Crippen LogP contribution in [0.4, 0.5) is 10.1 Å². The molecule has 1 amide bonds. The van der Waals surface area contributed by atoms with E-state index in [1.807, 2.05) is 4.57 Å². The quantitative estimate of drug-likeness (QED) is 0.497. The molecule has 2 aromatic heterocycles. The summed E-state index contributed by atoms with van der Waals surface area (Å²) in [4.78, 5) is 13.5. The van der Waals surface area contributed by atoms with Gasteiger partial charge in [-0.25, -0.2) is 4.39 Å². The fourth-order valence-corrected chi connectivity index (χ4v) is 4.35. The van der Waals surface area contributed by atoms with Gasteiger partial charge >= 0.3 is 0 Å². The average molecular weight is 419 g/mol. The van der Waals surface area contributed by atoms with Crippen molar-refractivity contribution in [1.29, 1.82) is 0 Å². The van der Waals surface area contributed by atoms with E-state index in [1.165, 1.54) is 22.7 Å². The third-order valence-electron chi connectivity index (χ3n) is 4.09. The summed E-state index contributed by atoms with van der Waals surface area (Å²) in [6.07, 6.45) is 0.932. The van der Waals surface area contributed by atoms with Gasteiger partial charge in [-0.1, -0.05) is 44.7 Å². The minimum atomic E-state index is -0.448. The van der Waals surface area contributed by atoms with Crippen LogP contribution >= 0.6 is 23.1 Å². The topological polar surface area (TPSA) is 59.8 Å². The average Bonchev–Trinajstić information content (AvgIpc) is 3.29. The van der Waals surface area contributed by atoms with Crippen molar-refractivity contribution in [2.24, 2.45) is 0 Å². The zero-order valence-corrected chi connectivity index (χ0v) is 17.7. The Hall–Kier alpha value is -2.19. The van der Waals surface area contributed by atoms with Crippen LogP contribution in [0.3, 0.4) is 0 Å². The molecule has 0 bridgehead atoms. The van der Waals surface area contributed by atoms with Crippen LogP contribution in [0.15, 0.2) is 40.9 Å². The van der Waals surface area contributed by atoms with E-state index in [4.69, 9.17) is 0 Å². The largest absolute Gasteiger partial charge is 0.323 e. The molecule has 0 aliphatic heterocycles. The first-order valence-electron chi connectivity index (χ1n) is 9.18. The number of halogens is 1. The number of amides is 1. The van der Waals surface area contributed by atoms with E-state index in [-0.39, 0.29) is 17.3 Å². The van der Waals surface area contributed by atoms with Crippen LogP contribution in [-0.2, 0) is 11.3 Å². The number of nitrogens with zero attached hydrogens (tertiary/aromatic N) is 3. The van der Waals surface area contributed by atoms with Gasteiger partial charge in [0.1, 0.15) is 5.82 Å². The predicted octanol–water partition coefficient (Wildman–Crippen LogP) is 5.41. The fourth-order valence-electron chi connectivity index (χ4n) is 2.69. The monoisotopic (exact) mass is 418 g/mol. The number of hydrogen-bond donors (Lipinski definition) is 1. The molecule has 148 valence electrons. The van der Waals surface area contributed by atoms with Crippen molar-refractivity contribution >= 4 is 34.7 Å². The summed E-state index contributed by atoms with van der Waals surface area (Å²) in [5.41, 5.74) is 1.24. The maximum atomic E-state index is 13.7. The van der Waals surface area contributed by atoms with Crippen LogP contribution in [0.5, 0.6) is 0 Å². The molecule has 3 rings (SSSR count). The lowest BCUT2D eigenvalue weighted by Gasteiger charge is -2.09. The molecule has 1 aromatic carbocycles. The molecule has 3 aromatic rings. The lowest BCUT2D eigenvalue weighted by Crippen LogP contribution is -2.15. The molecule has 1 N–H and O–H groups in total. The highest BCUT2D eigenvalue weighted by atomic mass is 32.2. The highest BCUT2D eigenvalue weighted by Crippen LogP contribution is 2.31. The SMILES string of the molecule is CCCn1c(SCC(=O)Nc2ccccc2F)nnc1-c1csc(C(C)C)c1.